The van der Waals surface area contributed by atoms with Crippen LogP contribution in [0.2, 0.25) is 0 Å². The van der Waals surface area contributed by atoms with Crippen molar-refractivity contribution in [1.82, 2.24) is 25.4 Å². The number of benzene rings is 1. The number of aromatic nitrogens is 3. The van der Waals surface area contributed by atoms with E-state index in [1.165, 1.54) is 16.7 Å². The summed E-state index contributed by atoms with van der Waals surface area (Å²) in [7, 11) is 1.96. The Balaban J connectivity index is 0.00000420. The van der Waals surface area contributed by atoms with Gasteiger partial charge >= 0.3 is 0 Å². The van der Waals surface area contributed by atoms with E-state index in [1.807, 2.05) is 25.5 Å². The molecule has 1 heterocycles. The molecule has 0 fully saturated rings. The molecule has 2 aromatic rings. The number of hydrogen-bond donors (Lipinski definition) is 2. The van der Waals surface area contributed by atoms with Crippen molar-refractivity contribution in [2.75, 3.05) is 26.3 Å². The van der Waals surface area contributed by atoms with E-state index in [2.05, 4.69) is 52.9 Å². The smallest absolute Gasteiger partial charge is 0.191 e. The monoisotopic (exact) mass is 514 g/mol. The summed E-state index contributed by atoms with van der Waals surface area (Å²) < 4.78 is 7.37. The summed E-state index contributed by atoms with van der Waals surface area (Å²) in [5.74, 6) is 2.53. The fourth-order valence-electron chi connectivity index (χ4n) is 2.99. The lowest BCUT2D eigenvalue weighted by molar-refractivity contribution is 0.145. The first-order chi connectivity index (χ1) is 13.5. The number of nitrogens with one attached hydrogen (secondary N) is 2. The highest BCUT2D eigenvalue weighted by molar-refractivity contribution is 14.0. The van der Waals surface area contributed by atoms with Gasteiger partial charge in [-0.25, -0.2) is 4.99 Å². The molecular weight excluding hydrogens is 479 g/mol. The largest absolute Gasteiger partial charge is 0.382 e. The highest BCUT2D eigenvalue weighted by Crippen LogP contribution is 2.13. The number of halogens is 1. The highest BCUT2D eigenvalue weighted by Gasteiger charge is 2.06. The van der Waals surface area contributed by atoms with Crippen molar-refractivity contribution >= 4 is 29.9 Å². The van der Waals surface area contributed by atoms with E-state index in [9.17, 15) is 0 Å². The van der Waals surface area contributed by atoms with Crippen LogP contribution in [0.5, 0.6) is 0 Å². The molecule has 1 aromatic heterocycles. The van der Waals surface area contributed by atoms with Crippen molar-refractivity contribution in [3.63, 3.8) is 0 Å². The van der Waals surface area contributed by atoms with Gasteiger partial charge < -0.3 is 19.9 Å². The van der Waals surface area contributed by atoms with Gasteiger partial charge in [0.15, 0.2) is 11.8 Å². The molecule has 0 atom stereocenters. The van der Waals surface area contributed by atoms with Crippen molar-refractivity contribution in [2.45, 2.75) is 47.1 Å². The van der Waals surface area contributed by atoms with Crippen LogP contribution in [0.15, 0.2) is 23.2 Å². The first kappa shape index (κ1) is 25.4. The van der Waals surface area contributed by atoms with Gasteiger partial charge in [-0.1, -0.05) is 18.2 Å². The van der Waals surface area contributed by atoms with Gasteiger partial charge in [-0.3, -0.25) is 0 Å². The predicted molar refractivity (Wildman–Crippen MR) is 129 cm³/mol. The van der Waals surface area contributed by atoms with Crippen molar-refractivity contribution in [2.24, 2.45) is 12.0 Å². The van der Waals surface area contributed by atoms with Crippen molar-refractivity contribution in [3.8, 4) is 0 Å². The van der Waals surface area contributed by atoms with E-state index < -0.39 is 0 Å². The number of guanidine groups is 1. The molecule has 0 aliphatic rings. The number of hydrogen-bond acceptors (Lipinski definition) is 4. The van der Waals surface area contributed by atoms with Gasteiger partial charge in [0.05, 0.1) is 0 Å². The minimum Gasteiger partial charge on any atom is -0.382 e. The fourth-order valence-corrected chi connectivity index (χ4v) is 2.99. The molecule has 0 saturated heterocycles. The van der Waals surface area contributed by atoms with Crippen LogP contribution in [0, 0.1) is 20.8 Å². The third-order valence-electron chi connectivity index (χ3n) is 4.84. The molecule has 0 spiro atoms. The van der Waals surface area contributed by atoms with E-state index in [0.29, 0.717) is 6.54 Å². The van der Waals surface area contributed by atoms with E-state index in [4.69, 9.17) is 9.73 Å². The Morgan fingerprint density at radius 3 is 2.41 bits per heavy atom. The lowest BCUT2D eigenvalue weighted by Gasteiger charge is -2.14. The maximum atomic E-state index is 5.41. The lowest BCUT2D eigenvalue weighted by Crippen LogP contribution is -2.39. The number of aryl methyl sites for hydroxylation is 3. The predicted octanol–water partition coefficient (Wildman–Crippen LogP) is 3.06. The van der Waals surface area contributed by atoms with Crippen LogP contribution < -0.4 is 10.6 Å². The average Bonchev–Trinajstić information content (AvgIpc) is 2.99. The Kier molecular flexibility index (Phi) is 11.8. The van der Waals surface area contributed by atoms with Crippen LogP contribution in [0.1, 0.15) is 41.7 Å². The molecular formula is C21H35IN6O. The molecule has 29 heavy (non-hydrogen) atoms. The first-order valence-corrected chi connectivity index (χ1v) is 10.0. The minimum atomic E-state index is 0. The lowest BCUT2D eigenvalue weighted by atomic mass is 10.0. The summed E-state index contributed by atoms with van der Waals surface area (Å²) in [4.78, 5) is 4.69. The SMILES string of the molecule is CCOCCCNC(=NCc1nnc(C)n1C)NCCc1c(C)cccc1C.I. The first-order valence-electron chi connectivity index (χ1n) is 10.0. The summed E-state index contributed by atoms with van der Waals surface area (Å²) >= 11 is 0. The Labute approximate surface area is 191 Å². The van der Waals surface area contributed by atoms with Gasteiger partial charge in [0.25, 0.3) is 0 Å². The van der Waals surface area contributed by atoms with E-state index >= 15 is 0 Å². The zero-order valence-electron chi connectivity index (χ0n) is 18.3. The van der Waals surface area contributed by atoms with Crippen LogP contribution in [0.3, 0.4) is 0 Å². The molecule has 2 rings (SSSR count). The zero-order valence-corrected chi connectivity index (χ0v) is 20.6. The van der Waals surface area contributed by atoms with Crippen LogP contribution in [-0.2, 0) is 24.8 Å². The van der Waals surface area contributed by atoms with E-state index in [0.717, 1.165) is 56.8 Å². The van der Waals surface area contributed by atoms with Gasteiger partial charge in [-0.05, 0) is 57.2 Å². The van der Waals surface area contributed by atoms with Crippen molar-refractivity contribution in [1.29, 1.82) is 0 Å². The quantitative estimate of drug-likeness (QED) is 0.221. The second kappa shape index (κ2) is 13.5. The molecule has 8 heteroatoms. The molecule has 1 aromatic carbocycles. The zero-order chi connectivity index (χ0) is 20.4. The molecule has 162 valence electrons. The third-order valence-corrected chi connectivity index (χ3v) is 4.84. The fraction of sp³-hybridized carbons (Fsp3) is 0.571. The second-order valence-electron chi connectivity index (χ2n) is 6.91. The Bertz CT molecular complexity index is 754. The summed E-state index contributed by atoms with van der Waals surface area (Å²) in [5, 5.41) is 15.1. The van der Waals surface area contributed by atoms with Crippen LogP contribution in [0.25, 0.3) is 0 Å². The number of ether oxygens (including phenoxy) is 1. The van der Waals surface area contributed by atoms with Gasteiger partial charge in [0.1, 0.15) is 12.4 Å². The molecule has 0 bridgehead atoms. The summed E-state index contributed by atoms with van der Waals surface area (Å²) in [6, 6.07) is 6.44. The van der Waals surface area contributed by atoms with Gasteiger partial charge in [0, 0.05) is 33.4 Å². The molecule has 0 saturated carbocycles. The molecule has 0 amide bonds. The second-order valence-corrected chi connectivity index (χ2v) is 6.91. The van der Waals surface area contributed by atoms with Crippen molar-refractivity contribution < 1.29 is 4.74 Å². The van der Waals surface area contributed by atoms with E-state index in [1.54, 1.807) is 0 Å². The van der Waals surface area contributed by atoms with E-state index in [-0.39, 0.29) is 24.0 Å². The standard InChI is InChI=1S/C21H34N6O.HI/c1-6-28-14-8-12-22-21(24-15-20-26-25-18(4)27(20)5)23-13-11-19-16(2)9-7-10-17(19)3;/h7,9-10H,6,8,11-15H2,1-5H3,(H2,22,23,24);1H. The number of nitrogens with zero attached hydrogens (tertiary/aromatic N) is 4. The topological polar surface area (TPSA) is 76.4 Å². The van der Waals surface area contributed by atoms with Gasteiger partial charge in [0.2, 0.25) is 0 Å². The average molecular weight is 514 g/mol. The minimum absolute atomic E-state index is 0. The summed E-state index contributed by atoms with van der Waals surface area (Å²) in [5.41, 5.74) is 4.06. The normalized spacial score (nSPS) is 11.3. The molecule has 0 aliphatic carbocycles. The number of rotatable bonds is 10. The van der Waals surface area contributed by atoms with Crippen molar-refractivity contribution in [3.05, 3.63) is 46.5 Å². The number of aliphatic imine (C=N–C) groups is 1. The molecule has 0 aliphatic heterocycles. The Hall–Kier alpha value is -1.68. The van der Waals surface area contributed by atoms with Crippen LogP contribution >= 0.6 is 24.0 Å². The molecule has 0 unspecified atom stereocenters. The molecule has 2 N–H and O–H groups in total. The summed E-state index contributed by atoms with van der Waals surface area (Å²) in [6.45, 7) is 11.9. The Morgan fingerprint density at radius 1 is 1.10 bits per heavy atom. The molecule has 0 radical (unpaired) electrons. The maximum Gasteiger partial charge on any atom is 0.191 e. The molecule has 7 nitrogen and oxygen atoms in total. The van der Waals surface area contributed by atoms with Gasteiger partial charge in [-0.2, -0.15) is 0 Å². The maximum absolute atomic E-state index is 5.41. The highest BCUT2D eigenvalue weighted by atomic mass is 127. The van der Waals surface area contributed by atoms with Crippen LogP contribution in [-0.4, -0.2) is 47.0 Å². The Morgan fingerprint density at radius 2 is 1.79 bits per heavy atom. The summed E-state index contributed by atoms with van der Waals surface area (Å²) in [6.07, 6.45) is 1.90. The third kappa shape index (κ3) is 8.30. The van der Waals surface area contributed by atoms with Crippen LogP contribution in [0.4, 0.5) is 0 Å². The van der Waals surface area contributed by atoms with Gasteiger partial charge in [-0.15, -0.1) is 34.2 Å².